The number of sulfonamides is 1. The lowest BCUT2D eigenvalue weighted by atomic mass is 10.3. The number of hydrogen-bond acceptors (Lipinski definition) is 6. The molecule has 0 fully saturated rings. The molecular formula is C14H13FN2O6S. The summed E-state index contributed by atoms with van der Waals surface area (Å²) >= 11 is 0. The summed E-state index contributed by atoms with van der Waals surface area (Å²) in [5.74, 6) is -0.535. The van der Waals surface area contributed by atoms with Crippen molar-refractivity contribution < 1.29 is 27.2 Å². The zero-order valence-corrected chi connectivity index (χ0v) is 13.5. The number of hydrogen-bond donors (Lipinski definition) is 1. The van der Waals surface area contributed by atoms with Crippen LogP contribution in [0.2, 0.25) is 0 Å². The summed E-state index contributed by atoms with van der Waals surface area (Å²) in [5.41, 5.74) is -0.862. The van der Waals surface area contributed by atoms with Gasteiger partial charge in [-0.1, -0.05) is 0 Å². The van der Waals surface area contributed by atoms with Crippen LogP contribution in [0.3, 0.4) is 0 Å². The van der Waals surface area contributed by atoms with Gasteiger partial charge in [-0.25, -0.2) is 8.42 Å². The first-order chi connectivity index (χ1) is 11.3. The first kappa shape index (κ1) is 17.5. The molecule has 8 nitrogen and oxygen atoms in total. The Bertz CT molecular complexity index is 885. The van der Waals surface area contributed by atoms with Crippen molar-refractivity contribution in [1.29, 1.82) is 0 Å². The van der Waals surface area contributed by atoms with Gasteiger partial charge in [0, 0.05) is 12.1 Å². The highest BCUT2D eigenvalue weighted by atomic mass is 32.2. The van der Waals surface area contributed by atoms with E-state index in [0.29, 0.717) is 11.8 Å². The van der Waals surface area contributed by atoms with Gasteiger partial charge in [0.05, 0.1) is 29.7 Å². The highest BCUT2D eigenvalue weighted by Gasteiger charge is 2.22. The molecule has 1 N–H and O–H groups in total. The van der Waals surface area contributed by atoms with Crippen molar-refractivity contribution in [3.63, 3.8) is 0 Å². The van der Waals surface area contributed by atoms with Crippen molar-refractivity contribution in [2.24, 2.45) is 0 Å². The molecule has 0 heterocycles. The van der Waals surface area contributed by atoms with Gasteiger partial charge >= 0.3 is 5.69 Å². The lowest BCUT2D eigenvalue weighted by Gasteiger charge is -2.13. The van der Waals surface area contributed by atoms with Crippen molar-refractivity contribution in [1.82, 2.24) is 0 Å². The Labute approximate surface area is 137 Å². The number of nitrogens with zero attached hydrogens (tertiary/aromatic N) is 1. The van der Waals surface area contributed by atoms with Crippen LogP contribution in [0.4, 0.5) is 15.8 Å². The predicted octanol–water partition coefficient (Wildman–Crippen LogP) is 2.55. The summed E-state index contributed by atoms with van der Waals surface area (Å²) in [6, 6.07) is 6.73. The zero-order chi connectivity index (χ0) is 17.9. The Morgan fingerprint density at radius 1 is 1.12 bits per heavy atom. The van der Waals surface area contributed by atoms with E-state index in [9.17, 15) is 22.9 Å². The number of rotatable bonds is 6. The summed E-state index contributed by atoms with van der Waals surface area (Å²) in [7, 11) is -1.44. The Balaban J connectivity index is 2.46. The Morgan fingerprint density at radius 2 is 1.83 bits per heavy atom. The third-order valence-electron chi connectivity index (χ3n) is 3.08. The fourth-order valence-corrected chi connectivity index (χ4v) is 2.98. The molecule has 10 heteroatoms. The Hall–Kier alpha value is -2.88. The molecule has 2 aromatic carbocycles. The molecule has 0 aliphatic carbocycles. The largest absolute Gasteiger partial charge is 0.497 e. The van der Waals surface area contributed by atoms with E-state index in [1.165, 1.54) is 26.4 Å². The van der Waals surface area contributed by atoms with Crippen molar-refractivity contribution in [3.8, 4) is 11.5 Å². The Morgan fingerprint density at radius 3 is 2.42 bits per heavy atom. The number of methoxy groups -OCH3 is 2. The van der Waals surface area contributed by atoms with Crippen LogP contribution < -0.4 is 14.2 Å². The minimum atomic E-state index is -4.20. The fraction of sp³-hybridized carbons (Fsp3) is 0.143. The van der Waals surface area contributed by atoms with Gasteiger partial charge in [0.25, 0.3) is 10.0 Å². The van der Waals surface area contributed by atoms with Crippen molar-refractivity contribution >= 4 is 21.4 Å². The predicted molar refractivity (Wildman–Crippen MR) is 83.4 cm³/mol. The molecule has 0 aliphatic heterocycles. The molecule has 2 rings (SSSR count). The van der Waals surface area contributed by atoms with Gasteiger partial charge in [0.1, 0.15) is 11.5 Å². The van der Waals surface area contributed by atoms with Gasteiger partial charge in [-0.15, -0.1) is 0 Å². The molecule has 0 atom stereocenters. The zero-order valence-electron chi connectivity index (χ0n) is 12.6. The lowest BCUT2D eigenvalue weighted by molar-refractivity contribution is -0.387. The smallest absolute Gasteiger partial charge is 0.306 e. The highest BCUT2D eigenvalue weighted by molar-refractivity contribution is 7.92. The molecule has 0 saturated heterocycles. The molecule has 24 heavy (non-hydrogen) atoms. The van der Waals surface area contributed by atoms with Crippen LogP contribution in [0.25, 0.3) is 0 Å². The van der Waals surface area contributed by atoms with Crippen LogP contribution >= 0.6 is 0 Å². The van der Waals surface area contributed by atoms with E-state index >= 15 is 0 Å². The molecule has 2 aromatic rings. The third-order valence-corrected chi connectivity index (χ3v) is 4.44. The molecule has 0 aromatic heterocycles. The van der Waals surface area contributed by atoms with E-state index in [1.54, 1.807) is 6.07 Å². The molecule has 0 bridgehead atoms. The average molecular weight is 356 g/mol. The second kappa shape index (κ2) is 6.71. The number of nitrogens with one attached hydrogen (secondary N) is 1. The summed E-state index contributed by atoms with van der Waals surface area (Å²) < 4.78 is 50.5. The summed E-state index contributed by atoms with van der Waals surface area (Å²) in [5, 5.41) is 10.8. The summed E-state index contributed by atoms with van der Waals surface area (Å²) in [4.78, 5) is 9.30. The number of halogens is 1. The van der Waals surface area contributed by atoms with Gasteiger partial charge in [-0.05, 0) is 24.3 Å². The van der Waals surface area contributed by atoms with Crippen LogP contribution in [-0.2, 0) is 10.0 Å². The minimum Gasteiger partial charge on any atom is -0.497 e. The van der Waals surface area contributed by atoms with Crippen molar-refractivity contribution in [3.05, 3.63) is 52.3 Å². The summed E-state index contributed by atoms with van der Waals surface area (Å²) in [6.07, 6.45) is 0. The number of nitro benzene ring substituents is 1. The van der Waals surface area contributed by atoms with Crippen LogP contribution in [0.1, 0.15) is 0 Å². The first-order valence-corrected chi connectivity index (χ1v) is 7.95. The maximum absolute atomic E-state index is 13.4. The molecule has 0 radical (unpaired) electrons. The van der Waals surface area contributed by atoms with Crippen LogP contribution in [-0.4, -0.2) is 27.6 Å². The normalized spacial score (nSPS) is 11.0. The van der Waals surface area contributed by atoms with E-state index in [4.69, 9.17) is 9.47 Å². The standard InChI is InChI=1S/C14H13FN2O6S/c1-22-9-3-6-14(23-2)12(7-9)16-24(20,21)10-4-5-11(15)13(8-10)17(18)19/h3-8,16H,1-2H3. The maximum Gasteiger partial charge on any atom is 0.306 e. The van der Waals surface area contributed by atoms with Gasteiger partial charge in [0.15, 0.2) is 0 Å². The Kier molecular flexibility index (Phi) is 4.88. The number of anilines is 1. The second-order valence-electron chi connectivity index (χ2n) is 4.54. The first-order valence-electron chi connectivity index (χ1n) is 6.47. The van der Waals surface area contributed by atoms with Crippen LogP contribution in [0, 0.1) is 15.9 Å². The van der Waals surface area contributed by atoms with Gasteiger partial charge in [-0.2, -0.15) is 4.39 Å². The van der Waals surface area contributed by atoms with E-state index in [2.05, 4.69) is 4.72 Å². The molecule has 0 saturated carbocycles. The highest BCUT2D eigenvalue weighted by Crippen LogP contribution is 2.31. The molecule has 0 aliphatic rings. The summed E-state index contributed by atoms with van der Waals surface area (Å²) in [6.45, 7) is 0. The van der Waals surface area contributed by atoms with Gasteiger partial charge in [0.2, 0.25) is 5.82 Å². The lowest BCUT2D eigenvalue weighted by Crippen LogP contribution is -2.14. The molecular weight excluding hydrogens is 343 g/mol. The molecule has 0 unspecified atom stereocenters. The number of benzene rings is 2. The van der Waals surface area contributed by atoms with Crippen LogP contribution in [0.5, 0.6) is 11.5 Å². The molecule has 128 valence electrons. The van der Waals surface area contributed by atoms with Crippen molar-refractivity contribution in [2.75, 3.05) is 18.9 Å². The average Bonchev–Trinajstić information content (AvgIpc) is 2.54. The van der Waals surface area contributed by atoms with Crippen molar-refractivity contribution in [2.45, 2.75) is 4.90 Å². The van der Waals surface area contributed by atoms with E-state index in [0.717, 1.165) is 12.1 Å². The molecule has 0 spiro atoms. The SMILES string of the molecule is COc1ccc(OC)c(NS(=O)(=O)c2ccc(F)c([N+](=O)[O-])c2)c1. The van der Waals surface area contributed by atoms with E-state index in [-0.39, 0.29) is 11.4 Å². The monoisotopic (exact) mass is 356 g/mol. The number of nitro groups is 1. The second-order valence-corrected chi connectivity index (χ2v) is 6.22. The third kappa shape index (κ3) is 3.54. The van der Waals surface area contributed by atoms with Crippen LogP contribution in [0.15, 0.2) is 41.3 Å². The fourth-order valence-electron chi connectivity index (χ4n) is 1.90. The quantitative estimate of drug-likeness (QED) is 0.629. The minimum absolute atomic E-state index is 0.0730. The van der Waals surface area contributed by atoms with E-state index in [1.807, 2.05) is 0 Å². The topological polar surface area (TPSA) is 108 Å². The maximum atomic E-state index is 13.4. The number of ether oxygens (including phenoxy) is 2. The van der Waals surface area contributed by atoms with E-state index < -0.39 is 31.3 Å². The van der Waals surface area contributed by atoms with Gasteiger partial charge < -0.3 is 9.47 Å². The van der Waals surface area contributed by atoms with Gasteiger partial charge in [-0.3, -0.25) is 14.8 Å². The molecule has 0 amide bonds.